The van der Waals surface area contributed by atoms with Gasteiger partial charge in [0.05, 0.1) is 23.0 Å². The normalized spacial score (nSPS) is 18.1. The maximum Gasteiger partial charge on any atom is 0.416 e. The Morgan fingerprint density at radius 3 is 2.71 bits per heavy atom. The van der Waals surface area contributed by atoms with Crippen LogP contribution in [-0.2, 0) is 12.6 Å². The zero-order chi connectivity index (χ0) is 21.8. The third-order valence-corrected chi connectivity index (χ3v) is 5.90. The smallest absolute Gasteiger partial charge is 0.345 e. The van der Waals surface area contributed by atoms with Crippen LogP contribution < -0.4 is 5.32 Å². The largest absolute Gasteiger partial charge is 0.416 e. The minimum Gasteiger partial charge on any atom is -0.345 e. The van der Waals surface area contributed by atoms with Gasteiger partial charge >= 0.3 is 6.18 Å². The van der Waals surface area contributed by atoms with Crippen molar-refractivity contribution in [3.05, 3.63) is 75.8 Å². The van der Waals surface area contributed by atoms with Crippen molar-refractivity contribution in [2.45, 2.75) is 43.8 Å². The number of amides is 1. The van der Waals surface area contributed by atoms with E-state index in [4.69, 9.17) is 11.6 Å². The Bertz CT molecular complexity index is 1170. The molecule has 2 aliphatic carbocycles. The number of benzene rings is 1. The van der Waals surface area contributed by atoms with Crippen molar-refractivity contribution in [3.63, 3.8) is 0 Å². The first kappa shape index (κ1) is 20.1. The standard InChI is InChI=1S/C22H18ClF3N4O/c23-15-8-13(7-14(9-15)22(24,25)26)21(31)28-18-3-4-19-17(18)11-30(29-19)16-5-6-27-20(10-16)12-1-2-12/h5-12,18H,1-4H2,(H,28,31)/t18-/m0/s1. The quantitative estimate of drug-likeness (QED) is 0.596. The number of carbonyl (C=O) groups is 1. The Morgan fingerprint density at radius 2 is 1.97 bits per heavy atom. The molecule has 1 amide bonds. The maximum atomic E-state index is 13.1. The van der Waals surface area contributed by atoms with Crippen LogP contribution in [-0.4, -0.2) is 20.7 Å². The minimum absolute atomic E-state index is 0.121. The summed E-state index contributed by atoms with van der Waals surface area (Å²) in [4.78, 5) is 17.1. The van der Waals surface area contributed by atoms with Crippen LogP contribution in [0.3, 0.4) is 0 Å². The van der Waals surface area contributed by atoms with Crippen molar-refractivity contribution in [3.8, 4) is 5.69 Å². The first-order valence-electron chi connectivity index (χ1n) is 10.0. The molecule has 1 aromatic carbocycles. The first-order chi connectivity index (χ1) is 14.8. The molecule has 2 aromatic heterocycles. The van der Waals surface area contributed by atoms with E-state index in [1.807, 2.05) is 18.3 Å². The summed E-state index contributed by atoms with van der Waals surface area (Å²) in [6, 6.07) is 6.44. The van der Waals surface area contributed by atoms with Crippen molar-refractivity contribution in [2.24, 2.45) is 0 Å². The predicted octanol–water partition coefficient (Wildman–Crippen LogP) is 5.23. The van der Waals surface area contributed by atoms with E-state index in [0.717, 1.165) is 47.6 Å². The van der Waals surface area contributed by atoms with Crippen molar-refractivity contribution in [1.82, 2.24) is 20.1 Å². The molecule has 2 heterocycles. The van der Waals surface area contributed by atoms with Gasteiger partial charge in [0.25, 0.3) is 5.91 Å². The molecule has 1 saturated carbocycles. The molecule has 1 atom stereocenters. The fourth-order valence-corrected chi connectivity index (χ4v) is 4.17. The molecule has 0 spiro atoms. The molecule has 5 nitrogen and oxygen atoms in total. The van der Waals surface area contributed by atoms with Crippen LogP contribution in [0, 0.1) is 0 Å². The van der Waals surface area contributed by atoms with Crippen LogP contribution in [0.15, 0.2) is 42.7 Å². The molecule has 2 aliphatic rings. The second-order valence-corrected chi connectivity index (χ2v) is 8.42. The lowest BCUT2D eigenvalue weighted by atomic mass is 10.1. The summed E-state index contributed by atoms with van der Waals surface area (Å²) in [5, 5.41) is 7.34. The minimum atomic E-state index is -4.58. The molecular weight excluding hydrogens is 429 g/mol. The lowest BCUT2D eigenvalue weighted by Crippen LogP contribution is -2.27. The van der Waals surface area contributed by atoms with Gasteiger partial charge in [-0.05, 0) is 56.0 Å². The number of hydrogen-bond acceptors (Lipinski definition) is 3. The van der Waals surface area contributed by atoms with E-state index in [0.29, 0.717) is 18.8 Å². The average molecular weight is 447 g/mol. The number of rotatable bonds is 4. The van der Waals surface area contributed by atoms with E-state index in [-0.39, 0.29) is 16.6 Å². The van der Waals surface area contributed by atoms with Gasteiger partial charge in [0.2, 0.25) is 0 Å². The molecule has 0 saturated heterocycles. The molecule has 31 heavy (non-hydrogen) atoms. The molecular formula is C22H18ClF3N4O. The van der Waals surface area contributed by atoms with Crippen molar-refractivity contribution < 1.29 is 18.0 Å². The third kappa shape index (κ3) is 4.04. The Balaban J connectivity index is 1.37. The summed E-state index contributed by atoms with van der Waals surface area (Å²) < 4.78 is 40.9. The summed E-state index contributed by atoms with van der Waals surface area (Å²) in [6.45, 7) is 0. The van der Waals surface area contributed by atoms with Crippen LogP contribution in [0.5, 0.6) is 0 Å². The molecule has 5 rings (SSSR count). The Hall–Kier alpha value is -2.87. The fraction of sp³-hybridized carbons (Fsp3) is 0.318. The summed E-state index contributed by atoms with van der Waals surface area (Å²) in [6.07, 6.45) is 2.69. The Kier molecular flexibility index (Phi) is 4.77. The lowest BCUT2D eigenvalue weighted by molar-refractivity contribution is -0.137. The number of carbonyl (C=O) groups excluding carboxylic acids is 1. The van der Waals surface area contributed by atoms with E-state index in [1.165, 1.54) is 6.07 Å². The predicted molar refractivity (Wildman–Crippen MR) is 108 cm³/mol. The summed E-state index contributed by atoms with van der Waals surface area (Å²) in [7, 11) is 0. The van der Waals surface area contributed by atoms with Gasteiger partial charge < -0.3 is 5.32 Å². The fourth-order valence-electron chi connectivity index (χ4n) is 3.93. The number of aryl methyl sites for hydroxylation is 1. The van der Waals surface area contributed by atoms with Gasteiger partial charge in [0.15, 0.2) is 0 Å². The summed E-state index contributed by atoms with van der Waals surface area (Å²) in [5.74, 6) is -0.0767. The topological polar surface area (TPSA) is 59.8 Å². The molecule has 0 radical (unpaired) electrons. The zero-order valence-corrected chi connectivity index (χ0v) is 17.0. The van der Waals surface area contributed by atoms with Crippen LogP contribution >= 0.6 is 11.6 Å². The van der Waals surface area contributed by atoms with Gasteiger partial charge in [0, 0.05) is 40.2 Å². The van der Waals surface area contributed by atoms with Gasteiger partial charge in [0.1, 0.15) is 0 Å². The highest BCUT2D eigenvalue weighted by Gasteiger charge is 2.33. The average Bonchev–Trinajstić information content (AvgIpc) is 3.39. The number of aromatic nitrogens is 3. The molecule has 9 heteroatoms. The monoisotopic (exact) mass is 446 g/mol. The lowest BCUT2D eigenvalue weighted by Gasteiger charge is -2.14. The highest BCUT2D eigenvalue weighted by Crippen LogP contribution is 2.39. The number of fused-ring (bicyclic) bond motifs is 1. The van der Waals surface area contributed by atoms with Gasteiger partial charge in [-0.3, -0.25) is 9.78 Å². The van der Waals surface area contributed by atoms with Gasteiger partial charge in [-0.25, -0.2) is 4.68 Å². The van der Waals surface area contributed by atoms with Crippen molar-refractivity contribution >= 4 is 17.5 Å². The summed E-state index contributed by atoms with van der Waals surface area (Å²) >= 11 is 5.81. The second-order valence-electron chi connectivity index (χ2n) is 7.98. The molecule has 0 unspecified atom stereocenters. The molecule has 1 N–H and O–H groups in total. The highest BCUT2D eigenvalue weighted by atomic mass is 35.5. The molecule has 160 valence electrons. The Labute approximate surface area is 181 Å². The Morgan fingerprint density at radius 1 is 1.16 bits per heavy atom. The first-order valence-corrected chi connectivity index (χ1v) is 10.4. The van der Waals surface area contributed by atoms with E-state index in [1.54, 1.807) is 10.9 Å². The number of nitrogens with one attached hydrogen (secondary N) is 1. The molecule has 0 aliphatic heterocycles. The van der Waals surface area contributed by atoms with Crippen LogP contribution in [0.1, 0.15) is 64.1 Å². The zero-order valence-electron chi connectivity index (χ0n) is 16.3. The van der Waals surface area contributed by atoms with E-state index >= 15 is 0 Å². The molecule has 1 fully saturated rings. The summed E-state index contributed by atoms with van der Waals surface area (Å²) in [5.41, 5.74) is 2.63. The molecule has 0 bridgehead atoms. The van der Waals surface area contributed by atoms with Crippen LogP contribution in [0.4, 0.5) is 13.2 Å². The molecule has 3 aromatic rings. The van der Waals surface area contributed by atoms with Crippen LogP contribution in [0.25, 0.3) is 5.69 Å². The second kappa shape index (κ2) is 7.37. The van der Waals surface area contributed by atoms with Crippen molar-refractivity contribution in [2.75, 3.05) is 0 Å². The number of hydrogen-bond donors (Lipinski definition) is 1. The van der Waals surface area contributed by atoms with Crippen molar-refractivity contribution in [1.29, 1.82) is 0 Å². The van der Waals surface area contributed by atoms with Crippen LogP contribution in [0.2, 0.25) is 5.02 Å². The number of halogens is 4. The van der Waals surface area contributed by atoms with E-state index in [2.05, 4.69) is 15.4 Å². The van der Waals surface area contributed by atoms with E-state index in [9.17, 15) is 18.0 Å². The SMILES string of the molecule is O=C(N[C@H]1CCc2nn(-c3ccnc(C4CC4)c3)cc21)c1cc(Cl)cc(C(F)(F)F)c1. The van der Waals surface area contributed by atoms with Gasteiger partial charge in [-0.2, -0.15) is 18.3 Å². The number of alkyl halides is 3. The van der Waals surface area contributed by atoms with E-state index < -0.39 is 17.6 Å². The maximum absolute atomic E-state index is 13.1. The van der Waals surface area contributed by atoms with Gasteiger partial charge in [-0.1, -0.05) is 11.6 Å². The third-order valence-electron chi connectivity index (χ3n) is 5.69. The highest BCUT2D eigenvalue weighted by molar-refractivity contribution is 6.31. The van der Waals surface area contributed by atoms with Gasteiger partial charge in [-0.15, -0.1) is 0 Å². The number of pyridine rings is 1. The number of nitrogens with zero attached hydrogens (tertiary/aromatic N) is 3.